The maximum atomic E-state index is 11.6. The molecule has 2 rings (SSSR count). The Morgan fingerprint density at radius 3 is 2.62 bits per heavy atom. The van der Waals surface area contributed by atoms with Crippen molar-refractivity contribution < 1.29 is 9.90 Å². The molecule has 0 aromatic heterocycles. The van der Waals surface area contributed by atoms with Crippen LogP contribution in [0, 0.1) is 0 Å². The fourth-order valence-corrected chi connectivity index (χ4v) is 1.76. The number of para-hydroxylation sites is 1. The molecule has 2 aromatic rings. The zero-order valence-electron chi connectivity index (χ0n) is 11.1. The van der Waals surface area contributed by atoms with Crippen LogP contribution in [0.3, 0.4) is 0 Å². The summed E-state index contributed by atoms with van der Waals surface area (Å²) in [5, 5.41) is 16.4. The Kier molecular flexibility index (Phi) is 5.17. The molecule has 0 unspecified atom stereocenters. The van der Waals surface area contributed by atoms with Crippen LogP contribution < -0.4 is 10.7 Å². The summed E-state index contributed by atoms with van der Waals surface area (Å²) in [6.45, 7) is 0.0661. The molecular formula is C15H14ClN3O2. The Labute approximate surface area is 127 Å². The van der Waals surface area contributed by atoms with Crippen LogP contribution in [-0.4, -0.2) is 23.8 Å². The largest absolute Gasteiger partial charge is 0.508 e. The molecule has 0 bridgehead atoms. The van der Waals surface area contributed by atoms with Gasteiger partial charge in [-0.15, -0.1) is 0 Å². The molecule has 0 saturated carbocycles. The number of anilines is 1. The van der Waals surface area contributed by atoms with Gasteiger partial charge in [-0.05, 0) is 42.0 Å². The summed E-state index contributed by atoms with van der Waals surface area (Å²) < 4.78 is 0. The number of amides is 1. The second-order valence-corrected chi connectivity index (χ2v) is 4.63. The van der Waals surface area contributed by atoms with E-state index >= 15 is 0 Å². The van der Waals surface area contributed by atoms with Gasteiger partial charge in [-0.25, -0.2) is 5.43 Å². The molecular weight excluding hydrogens is 290 g/mol. The van der Waals surface area contributed by atoms with Crippen molar-refractivity contribution in [3.05, 3.63) is 59.1 Å². The van der Waals surface area contributed by atoms with Gasteiger partial charge in [0.05, 0.1) is 23.5 Å². The van der Waals surface area contributed by atoms with Crippen LogP contribution >= 0.6 is 11.6 Å². The van der Waals surface area contributed by atoms with Gasteiger partial charge in [-0.3, -0.25) is 4.79 Å². The van der Waals surface area contributed by atoms with E-state index in [4.69, 9.17) is 16.7 Å². The van der Waals surface area contributed by atoms with Crippen LogP contribution in [0.4, 0.5) is 5.69 Å². The highest BCUT2D eigenvalue weighted by Crippen LogP contribution is 2.19. The first-order chi connectivity index (χ1) is 10.1. The van der Waals surface area contributed by atoms with Gasteiger partial charge in [0.25, 0.3) is 5.91 Å². The van der Waals surface area contributed by atoms with Crippen LogP contribution in [0.2, 0.25) is 5.02 Å². The monoisotopic (exact) mass is 303 g/mol. The van der Waals surface area contributed by atoms with Gasteiger partial charge >= 0.3 is 0 Å². The normalized spacial score (nSPS) is 10.5. The number of carbonyl (C=O) groups excluding carboxylic acids is 1. The van der Waals surface area contributed by atoms with Gasteiger partial charge in [-0.2, -0.15) is 5.10 Å². The minimum Gasteiger partial charge on any atom is -0.508 e. The summed E-state index contributed by atoms with van der Waals surface area (Å²) in [4.78, 5) is 11.6. The number of nitrogens with one attached hydrogen (secondary N) is 2. The van der Waals surface area contributed by atoms with Crippen LogP contribution in [0.5, 0.6) is 5.75 Å². The number of carbonyl (C=O) groups is 1. The smallest absolute Gasteiger partial charge is 0.259 e. The van der Waals surface area contributed by atoms with Crippen LogP contribution in [0.25, 0.3) is 0 Å². The van der Waals surface area contributed by atoms with Crippen molar-refractivity contribution in [3.8, 4) is 5.75 Å². The number of hydrogen-bond donors (Lipinski definition) is 3. The molecule has 21 heavy (non-hydrogen) atoms. The standard InChI is InChI=1S/C15H14ClN3O2/c16-13-3-1-2-4-14(13)17-10-15(21)19-18-9-11-5-7-12(20)8-6-11/h1-9,17,20H,10H2,(H,19,21). The minimum atomic E-state index is -0.287. The lowest BCUT2D eigenvalue weighted by Gasteiger charge is -2.06. The average molecular weight is 304 g/mol. The lowest BCUT2D eigenvalue weighted by atomic mass is 10.2. The third kappa shape index (κ3) is 4.81. The van der Waals surface area contributed by atoms with Crippen molar-refractivity contribution in [2.24, 2.45) is 5.10 Å². The highest BCUT2D eigenvalue weighted by atomic mass is 35.5. The van der Waals surface area contributed by atoms with Crippen LogP contribution in [0.15, 0.2) is 53.6 Å². The summed E-state index contributed by atoms with van der Waals surface area (Å²) in [7, 11) is 0. The molecule has 0 radical (unpaired) electrons. The molecule has 0 heterocycles. The van der Waals surface area contributed by atoms with Crippen molar-refractivity contribution in [3.63, 3.8) is 0 Å². The van der Waals surface area contributed by atoms with E-state index in [1.54, 1.807) is 36.4 Å². The van der Waals surface area contributed by atoms with E-state index in [1.165, 1.54) is 6.21 Å². The second-order valence-electron chi connectivity index (χ2n) is 4.22. The highest BCUT2D eigenvalue weighted by molar-refractivity contribution is 6.33. The molecule has 3 N–H and O–H groups in total. The summed E-state index contributed by atoms with van der Waals surface area (Å²) >= 11 is 5.96. The van der Waals surface area contributed by atoms with E-state index in [1.807, 2.05) is 12.1 Å². The second kappa shape index (κ2) is 7.31. The number of halogens is 1. The Morgan fingerprint density at radius 2 is 1.90 bits per heavy atom. The van der Waals surface area contributed by atoms with Crippen molar-refractivity contribution in [1.82, 2.24) is 5.43 Å². The van der Waals surface area contributed by atoms with Gasteiger partial charge < -0.3 is 10.4 Å². The highest BCUT2D eigenvalue weighted by Gasteiger charge is 2.01. The number of aromatic hydroxyl groups is 1. The Hall–Kier alpha value is -2.53. The van der Waals surface area contributed by atoms with E-state index in [2.05, 4.69) is 15.8 Å². The maximum absolute atomic E-state index is 11.6. The van der Waals surface area contributed by atoms with Crippen LogP contribution in [-0.2, 0) is 4.79 Å². The van der Waals surface area contributed by atoms with E-state index in [0.717, 1.165) is 5.56 Å². The molecule has 0 fully saturated rings. The number of phenols is 1. The number of benzene rings is 2. The van der Waals surface area contributed by atoms with E-state index < -0.39 is 0 Å². The fourth-order valence-electron chi connectivity index (χ4n) is 1.56. The van der Waals surface area contributed by atoms with Gasteiger partial charge in [0, 0.05) is 0 Å². The number of nitrogens with zero attached hydrogens (tertiary/aromatic N) is 1. The maximum Gasteiger partial charge on any atom is 0.259 e. The van der Waals surface area contributed by atoms with E-state index in [0.29, 0.717) is 10.7 Å². The number of hydrazone groups is 1. The average Bonchev–Trinajstić information content (AvgIpc) is 2.48. The van der Waals surface area contributed by atoms with Crippen molar-refractivity contribution in [2.75, 3.05) is 11.9 Å². The van der Waals surface area contributed by atoms with Gasteiger partial charge in [-0.1, -0.05) is 23.7 Å². The molecule has 6 heteroatoms. The summed E-state index contributed by atoms with van der Waals surface area (Å²) in [6, 6.07) is 13.6. The van der Waals surface area contributed by atoms with Crippen LogP contribution in [0.1, 0.15) is 5.56 Å². The number of rotatable bonds is 5. The molecule has 0 aliphatic heterocycles. The molecule has 0 spiro atoms. The van der Waals surface area contributed by atoms with Crippen molar-refractivity contribution in [1.29, 1.82) is 0 Å². The first-order valence-electron chi connectivity index (χ1n) is 6.24. The zero-order chi connectivity index (χ0) is 15.1. The lowest BCUT2D eigenvalue weighted by molar-refractivity contribution is -0.119. The molecule has 0 saturated heterocycles. The SMILES string of the molecule is O=C(CNc1ccccc1Cl)NN=Cc1ccc(O)cc1. The first kappa shape index (κ1) is 14.9. The minimum absolute atomic E-state index is 0.0661. The first-order valence-corrected chi connectivity index (χ1v) is 6.62. The molecule has 5 nitrogen and oxygen atoms in total. The fraction of sp³-hybridized carbons (Fsp3) is 0.0667. The Morgan fingerprint density at radius 1 is 1.19 bits per heavy atom. The molecule has 2 aromatic carbocycles. The van der Waals surface area contributed by atoms with Gasteiger partial charge in [0.15, 0.2) is 0 Å². The van der Waals surface area contributed by atoms with E-state index in [9.17, 15) is 4.79 Å². The quantitative estimate of drug-likeness (QED) is 0.587. The molecule has 0 aliphatic carbocycles. The molecule has 1 amide bonds. The third-order valence-corrected chi connectivity index (χ3v) is 2.94. The van der Waals surface area contributed by atoms with Crippen molar-refractivity contribution >= 4 is 29.4 Å². The Balaban J connectivity index is 1.80. The molecule has 0 aliphatic rings. The summed E-state index contributed by atoms with van der Waals surface area (Å²) in [6.07, 6.45) is 1.49. The predicted molar refractivity (Wildman–Crippen MR) is 83.8 cm³/mol. The predicted octanol–water partition coefficient (Wildman–Crippen LogP) is 2.61. The summed E-state index contributed by atoms with van der Waals surface area (Å²) in [5.74, 6) is -0.106. The van der Waals surface area contributed by atoms with Crippen molar-refractivity contribution in [2.45, 2.75) is 0 Å². The van der Waals surface area contributed by atoms with Gasteiger partial charge in [0.1, 0.15) is 5.75 Å². The van der Waals surface area contributed by atoms with E-state index in [-0.39, 0.29) is 18.2 Å². The number of phenolic OH excluding ortho intramolecular Hbond substituents is 1. The topological polar surface area (TPSA) is 73.7 Å². The Bertz CT molecular complexity index is 642. The number of hydrogen-bond acceptors (Lipinski definition) is 4. The van der Waals surface area contributed by atoms with Gasteiger partial charge in [0.2, 0.25) is 0 Å². The molecule has 0 atom stereocenters. The zero-order valence-corrected chi connectivity index (χ0v) is 11.8. The third-order valence-electron chi connectivity index (χ3n) is 2.61. The lowest BCUT2D eigenvalue weighted by Crippen LogP contribution is -2.25. The summed E-state index contributed by atoms with van der Waals surface area (Å²) in [5.41, 5.74) is 3.86. The molecule has 108 valence electrons.